The van der Waals surface area contributed by atoms with Gasteiger partial charge < -0.3 is 5.32 Å². The van der Waals surface area contributed by atoms with E-state index in [1.54, 1.807) is 0 Å². The van der Waals surface area contributed by atoms with Gasteiger partial charge in [0.05, 0.1) is 0 Å². The Labute approximate surface area is 140 Å². The van der Waals surface area contributed by atoms with E-state index in [9.17, 15) is 0 Å². The molecule has 2 aromatic rings. The summed E-state index contributed by atoms with van der Waals surface area (Å²) in [6.45, 7) is 10.5. The molecule has 0 atom stereocenters. The third-order valence-corrected chi connectivity index (χ3v) is 4.50. The van der Waals surface area contributed by atoms with Crippen molar-refractivity contribution in [2.75, 3.05) is 0 Å². The van der Waals surface area contributed by atoms with Crippen molar-refractivity contribution in [3.63, 3.8) is 0 Å². The maximum atomic E-state index is 3.56. The highest BCUT2D eigenvalue weighted by atomic mass is 14.8. The monoisotopic (exact) mass is 305 g/mol. The molecule has 0 amide bonds. The lowest BCUT2D eigenvalue weighted by Gasteiger charge is -2.14. The van der Waals surface area contributed by atoms with Gasteiger partial charge in [0, 0.05) is 13.1 Å². The molecule has 1 N–H and O–H groups in total. The Morgan fingerprint density at radius 1 is 0.870 bits per heavy atom. The maximum Gasteiger partial charge on any atom is 0.0214 e. The molecule has 0 bridgehead atoms. The zero-order chi connectivity index (χ0) is 16.7. The SMILES string of the molecule is C/C=C(C)/C(C)=C(\C)c1ccccc1CNCc1ccccc1. The Hall–Kier alpha value is -2.12. The first-order valence-electron chi connectivity index (χ1n) is 8.27. The van der Waals surface area contributed by atoms with E-state index in [1.807, 2.05) is 0 Å². The minimum absolute atomic E-state index is 0.880. The lowest BCUT2D eigenvalue weighted by molar-refractivity contribution is 0.692. The normalized spacial score (nSPS) is 13.0. The molecule has 0 spiro atoms. The summed E-state index contributed by atoms with van der Waals surface area (Å²) in [5, 5.41) is 3.56. The van der Waals surface area contributed by atoms with Crippen molar-refractivity contribution in [1.29, 1.82) is 0 Å². The number of hydrogen-bond donors (Lipinski definition) is 1. The van der Waals surface area contributed by atoms with Gasteiger partial charge in [-0.05, 0) is 55.5 Å². The van der Waals surface area contributed by atoms with E-state index in [2.05, 4.69) is 93.7 Å². The van der Waals surface area contributed by atoms with Gasteiger partial charge in [0.2, 0.25) is 0 Å². The van der Waals surface area contributed by atoms with Gasteiger partial charge >= 0.3 is 0 Å². The lowest BCUT2D eigenvalue weighted by Crippen LogP contribution is -2.13. The van der Waals surface area contributed by atoms with Crippen LogP contribution in [0.3, 0.4) is 0 Å². The highest BCUT2D eigenvalue weighted by Crippen LogP contribution is 2.25. The van der Waals surface area contributed by atoms with Crippen LogP contribution in [-0.4, -0.2) is 0 Å². The second-order valence-electron chi connectivity index (χ2n) is 5.97. The van der Waals surface area contributed by atoms with Crippen LogP contribution in [0.4, 0.5) is 0 Å². The molecule has 0 saturated heterocycles. The van der Waals surface area contributed by atoms with Crippen molar-refractivity contribution in [3.8, 4) is 0 Å². The fraction of sp³-hybridized carbons (Fsp3) is 0.273. The van der Waals surface area contributed by atoms with Crippen molar-refractivity contribution in [1.82, 2.24) is 5.32 Å². The molecule has 23 heavy (non-hydrogen) atoms. The summed E-state index contributed by atoms with van der Waals surface area (Å²) in [4.78, 5) is 0. The molecule has 120 valence electrons. The molecule has 0 aliphatic heterocycles. The molecule has 0 saturated carbocycles. The molecule has 1 heteroatoms. The first kappa shape index (κ1) is 17.2. The van der Waals surface area contributed by atoms with Crippen LogP contribution >= 0.6 is 0 Å². The zero-order valence-electron chi connectivity index (χ0n) is 14.7. The van der Waals surface area contributed by atoms with Crippen molar-refractivity contribution in [2.24, 2.45) is 0 Å². The van der Waals surface area contributed by atoms with Crippen molar-refractivity contribution < 1.29 is 0 Å². The van der Waals surface area contributed by atoms with Gasteiger partial charge in [-0.15, -0.1) is 0 Å². The van der Waals surface area contributed by atoms with Crippen LogP contribution in [0.2, 0.25) is 0 Å². The molecule has 0 aromatic heterocycles. The van der Waals surface area contributed by atoms with Crippen molar-refractivity contribution in [2.45, 2.75) is 40.8 Å². The molecule has 0 fully saturated rings. The van der Waals surface area contributed by atoms with E-state index in [4.69, 9.17) is 0 Å². The van der Waals surface area contributed by atoms with Crippen LogP contribution in [-0.2, 0) is 13.1 Å². The molecular weight excluding hydrogens is 278 g/mol. The van der Waals surface area contributed by atoms with E-state index in [1.165, 1.54) is 33.4 Å². The number of benzene rings is 2. The molecule has 0 unspecified atom stereocenters. The minimum Gasteiger partial charge on any atom is -0.309 e. The van der Waals surface area contributed by atoms with E-state index in [-0.39, 0.29) is 0 Å². The molecule has 0 radical (unpaired) electrons. The summed E-state index contributed by atoms with van der Waals surface area (Å²) in [6, 6.07) is 19.2. The Bertz CT molecular complexity index is 693. The number of nitrogens with one attached hydrogen (secondary N) is 1. The third-order valence-electron chi connectivity index (χ3n) is 4.50. The summed E-state index contributed by atoms with van der Waals surface area (Å²) in [5.74, 6) is 0. The first-order chi connectivity index (χ1) is 11.1. The predicted molar refractivity (Wildman–Crippen MR) is 101 cm³/mol. The average Bonchev–Trinajstić information content (AvgIpc) is 2.61. The Balaban J connectivity index is 2.15. The van der Waals surface area contributed by atoms with Crippen LogP contribution in [0.1, 0.15) is 44.4 Å². The van der Waals surface area contributed by atoms with Crippen LogP contribution in [0.5, 0.6) is 0 Å². The van der Waals surface area contributed by atoms with Gasteiger partial charge in [0.15, 0.2) is 0 Å². The lowest BCUT2D eigenvalue weighted by atomic mass is 9.94. The largest absolute Gasteiger partial charge is 0.309 e. The van der Waals surface area contributed by atoms with Gasteiger partial charge in [0.25, 0.3) is 0 Å². The summed E-state index contributed by atoms with van der Waals surface area (Å²) < 4.78 is 0. The fourth-order valence-corrected chi connectivity index (χ4v) is 2.69. The van der Waals surface area contributed by atoms with E-state index in [0.717, 1.165) is 13.1 Å². The quantitative estimate of drug-likeness (QED) is 0.671. The molecule has 0 aliphatic rings. The van der Waals surface area contributed by atoms with Crippen LogP contribution in [0.15, 0.2) is 71.8 Å². The molecule has 2 aromatic carbocycles. The van der Waals surface area contributed by atoms with Gasteiger partial charge in [-0.1, -0.05) is 66.2 Å². The molecule has 0 heterocycles. The Morgan fingerprint density at radius 2 is 1.52 bits per heavy atom. The third kappa shape index (κ3) is 4.67. The summed E-state index contributed by atoms with van der Waals surface area (Å²) in [7, 11) is 0. The summed E-state index contributed by atoms with van der Waals surface area (Å²) in [5.41, 5.74) is 8.07. The minimum atomic E-state index is 0.880. The zero-order valence-corrected chi connectivity index (χ0v) is 14.7. The van der Waals surface area contributed by atoms with Crippen molar-refractivity contribution in [3.05, 3.63) is 88.5 Å². The van der Waals surface area contributed by atoms with Crippen molar-refractivity contribution >= 4 is 5.57 Å². The second-order valence-corrected chi connectivity index (χ2v) is 5.97. The molecule has 0 aliphatic carbocycles. The highest BCUT2D eigenvalue weighted by molar-refractivity contribution is 5.72. The molecular formula is C22H27N. The first-order valence-corrected chi connectivity index (χ1v) is 8.27. The van der Waals surface area contributed by atoms with E-state index in [0.29, 0.717) is 0 Å². The summed E-state index contributed by atoms with van der Waals surface area (Å²) >= 11 is 0. The maximum absolute atomic E-state index is 3.56. The predicted octanol–water partition coefficient (Wildman–Crippen LogP) is 5.74. The molecule has 2 rings (SSSR count). The summed E-state index contributed by atoms with van der Waals surface area (Å²) in [6.07, 6.45) is 2.18. The Kier molecular flexibility index (Phi) is 6.37. The second kappa shape index (κ2) is 8.50. The van der Waals surface area contributed by atoms with Gasteiger partial charge in [-0.2, -0.15) is 0 Å². The Morgan fingerprint density at radius 3 is 2.22 bits per heavy atom. The van der Waals surface area contributed by atoms with Gasteiger partial charge in [0.1, 0.15) is 0 Å². The van der Waals surface area contributed by atoms with Crippen LogP contribution in [0.25, 0.3) is 5.57 Å². The van der Waals surface area contributed by atoms with Crippen LogP contribution in [0, 0.1) is 0 Å². The van der Waals surface area contributed by atoms with E-state index < -0.39 is 0 Å². The number of allylic oxidation sites excluding steroid dienone is 4. The number of hydrogen-bond acceptors (Lipinski definition) is 1. The van der Waals surface area contributed by atoms with Crippen LogP contribution < -0.4 is 5.32 Å². The average molecular weight is 305 g/mol. The van der Waals surface area contributed by atoms with Gasteiger partial charge in [-0.25, -0.2) is 0 Å². The fourth-order valence-electron chi connectivity index (χ4n) is 2.69. The molecule has 1 nitrogen and oxygen atoms in total. The smallest absolute Gasteiger partial charge is 0.0214 e. The highest BCUT2D eigenvalue weighted by Gasteiger charge is 2.07. The van der Waals surface area contributed by atoms with E-state index >= 15 is 0 Å². The standard InChI is InChI=1S/C22H27N/c1-5-17(2)18(3)19(4)22-14-10-9-13-21(22)16-23-15-20-11-7-6-8-12-20/h5-14,23H,15-16H2,1-4H3/b17-5+,19-18+. The number of rotatable bonds is 6. The van der Waals surface area contributed by atoms with Gasteiger partial charge in [-0.3, -0.25) is 0 Å². The topological polar surface area (TPSA) is 12.0 Å².